The highest BCUT2D eigenvalue weighted by molar-refractivity contribution is 6.09. The van der Waals surface area contributed by atoms with Gasteiger partial charge in [0, 0.05) is 25.8 Å². The van der Waals surface area contributed by atoms with Crippen molar-refractivity contribution in [3.8, 4) is 0 Å². The summed E-state index contributed by atoms with van der Waals surface area (Å²) in [7, 11) is 0. The number of carbonyl (C=O) groups excluding carboxylic acids is 3. The fraction of sp³-hybridized carbons (Fsp3) is 0.636. The summed E-state index contributed by atoms with van der Waals surface area (Å²) in [6, 6.07) is 2.64. The van der Waals surface area contributed by atoms with Gasteiger partial charge in [-0.3, -0.25) is 9.59 Å². The van der Waals surface area contributed by atoms with Gasteiger partial charge in [-0.1, -0.05) is 25.8 Å². The molecule has 1 aromatic rings. The van der Waals surface area contributed by atoms with Gasteiger partial charge in [-0.05, 0) is 50.2 Å². The highest BCUT2D eigenvalue weighted by atomic mass is 16.2. The van der Waals surface area contributed by atoms with Crippen LogP contribution in [0.2, 0.25) is 0 Å². The number of nitrogens with one attached hydrogen (secondary N) is 2. The zero-order valence-electron chi connectivity index (χ0n) is 17.8. The third kappa shape index (κ3) is 3.87. The van der Waals surface area contributed by atoms with Gasteiger partial charge in [0.1, 0.15) is 17.4 Å². The lowest BCUT2D eigenvalue weighted by Crippen LogP contribution is -2.49. The first kappa shape index (κ1) is 20.6. The lowest BCUT2D eigenvalue weighted by molar-refractivity contribution is -0.137. The van der Waals surface area contributed by atoms with E-state index in [1.54, 1.807) is 13.1 Å². The van der Waals surface area contributed by atoms with E-state index < -0.39 is 17.6 Å². The van der Waals surface area contributed by atoms with Gasteiger partial charge in [0.25, 0.3) is 5.91 Å². The first-order valence-electron chi connectivity index (χ1n) is 11.0. The van der Waals surface area contributed by atoms with Crippen molar-refractivity contribution in [3.63, 3.8) is 0 Å². The quantitative estimate of drug-likeness (QED) is 0.722. The number of hydrogen-bond donors (Lipinski definition) is 2. The molecule has 2 N–H and O–H groups in total. The Bertz CT molecular complexity index is 811. The van der Waals surface area contributed by atoms with Crippen LogP contribution in [0.5, 0.6) is 0 Å². The van der Waals surface area contributed by atoms with E-state index in [1.807, 2.05) is 12.1 Å². The maximum Gasteiger partial charge on any atom is 0.325 e. The van der Waals surface area contributed by atoms with Crippen LogP contribution in [0.25, 0.3) is 0 Å². The van der Waals surface area contributed by atoms with E-state index in [0.717, 1.165) is 48.1 Å². The number of amides is 4. The largest absolute Gasteiger partial charge is 0.357 e. The van der Waals surface area contributed by atoms with E-state index >= 15 is 0 Å². The zero-order valence-corrected chi connectivity index (χ0v) is 17.8. The number of aromatic nitrogens is 1. The second kappa shape index (κ2) is 8.24. The number of hydrogen-bond acceptors (Lipinski definition) is 5. The molecule has 0 aromatic carbocycles. The molecule has 0 bridgehead atoms. The van der Waals surface area contributed by atoms with E-state index in [2.05, 4.69) is 27.4 Å². The Kier molecular flexibility index (Phi) is 5.66. The van der Waals surface area contributed by atoms with Crippen molar-refractivity contribution in [2.24, 2.45) is 5.92 Å². The Morgan fingerprint density at radius 3 is 2.60 bits per heavy atom. The summed E-state index contributed by atoms with van der Waals surface area (Å²) in [5.41, 5.74) is 0.0894. The van der Waals surface area contributed by atoms with Crippen LogP contribution in [0.1, 0.15) is 57.9 Å². The minimum Gasteiger partial charge on any atom is -0.357 e. The van der Waals surface area contributed by atoms with Crippen molar-refractivity contribution in [1.29, 1.82) is 0 Å². The SMILES string of the molecule is CC1CCN(c2ccc(CNC(=O)C(C)N3C(=O)NC4(CCCC4)C3=O)cn2)CC1. The molecular formula is C22H31N5O3. The van der Waals surface area contributed by atoms with Crippen molar-refractivity contribution in [1.82, 2.24) is 20.5 Å². The molecule has 30 heavy (non-hydrogen) atoms. The second-order valence-electron chi connectivity index (χ2n) is 8.98. The van der Waals surface area contributed by atoms with Crippen LogP contribution < -0.4 is 15.5 Å². The molecule has 8 heteroatoms. The van der Waals surface area contributed by atoms with Gasteiger partial charge < -0.3 is 15.5 Å². The molecule has 3 aliphatic rings. The number of pyridine rings is 1. The topological polar surface area (TPSA) is 94.6 Å². The molecule has 1 aliphatic carbocycles. The van der Waals surface area contributed by atoms with Crippen LogP contribution >= 0.6 is 0 Å². The molecule has 4 amide bonds. The van der Waals surface area contributed by atoms with Crippen LogP contribution in [0.4, 0.5) is 10.6 Å². The maximum atomic E-state index is 12.8. The summed E-state index contributed by atoms with van der Waals surface area (Å²) in [5.74, 6) is 1.12. The predicted molar refractivity (Wildman–Crippen MR) is 113 cm³/mol. The summed E-state index contributed by atoms with van der Waals surface area (Å²) in [6.07, 6.45) is 7.27. The van der Waals surface area contributed by atoms with E-state index in [1.165, 1.54) is 12.8 Å². The number of urea groups is 1. The van der Waals surface area contributed by atoms with Crippen molar-refractivity contribution in [2.75, 3.05) is 18.0 Å². The van der Waals surface area contributed by atoms with Crippen LogP contribution in [-0.2, 0) is 16.1 Å². The molecule has 1 spiro atoms. The first-order valence-corrected chi connectivity index (χ1v) is 11.0. The minimum atomic E-state index is -0.847. The molecule has 1 unspecified atom stereocenters. The highest BCUT2D eigenvalue weighted by Gasteiger charge is 2.54. The van der Waals surface area contributed by atoms with Gasteiger partial charge in [-0.15, -0.1) is 0 Å². The van der Waals surface area contributed by atoms with E-state index in [0.29, 0.717) is 19.4 Å². The number of imide groups is 1. The predicted octanol–water partition coefficient (Wildman–Crippen LogP) is 2.19. The van der Waals surface area contributed by atoms with E-state index in [-0.39, 0.29) is 11.8 Å². The molecule has 1 saturated carbocycles. The number of carbonyl (C=O) groups is 3. The third-order valence-corrected chi connectivity index (χ3v) is 6.80. The van der Waals surface area contributed by atoms with E-state index in [9.17, 15) is 14.4 Å². The smallest absolute Gasteiger partial charge is 0.325 e. The Morgan fingerprint density at radius 2 is 1.97 bits per heavy atom. The number of rotatable bonds is 5. The van der Waals surface area contributed by atoms with Gasteiger partial charge in [-0.2, -0.15) is 0 Å². The molecule has 2 saturated heterocycles. The van der Waals surface area contributed by atoms with Gasteiger partial charge >= 0.3 is 6.03 Å². The van der Waals surface area contributed by atoms with Crippen molar-refractivity contribution in [3.05, 3.63) is 23.9 Å². The molecule has 2 aliphatic heterocycles. The van der Waals surface area contributed by atoms with Crippen molar-refractivity contribution < 1.29 is 14.4 Å². The fourth-order valence-electron chi connectivity index (χ4n) is 4.71. The van der Waals surface area contributed by atoms with Crippen LogP contribution in [-0.4, -0.2) is 52.4 Å². The van der Waals surface area contributed by atoms with Crippen LogP contribution in [0.15, 0.2) is 18.3 Å². The van der Waals surface area contributed by atoms with Gasteiger partial charge in [-0.25, -0.2) is 14.7 Å². The van der Waals surface area contributed by atoms with Gasteiger partial charge in [0.2, 0.25) is 5.91 Å². The average Bonchev–Trinajstić information content (AvgIpc) is 3.31. The monoisotopic (exact) mass is 413 g/mol. The molecule has 1 atom stereocenters. The average molecular weight is 414 g/mol. The number of anilines is 1. The minimum absolute atomic E-state index is 0.269. The molecule has 0 radical (unpaired) electrons. The lowest BCUT2D eigenvalue weighted by atomic mass is 9.97. The molecular weight excluding hydrogens is 382 g/mol. The Morgan fingerprint density at radius 1 is 1.27 bits per heavy atom. The van der Waals surface area contributed by atoms with E-state index in [4.69, 9.17) is 0 Å². The Labute approximate surface area is 177 Å². The molecule has 3 heterocycles. The van der Waals surface area contributed by atoms with Crippen molar-refractivity contribution in [2.45, 2.75) is 70.5 Å². The van der Waals surface area contributed by atoms with Crippen LogP contribution in [0, 0.1) is 5.92 Å². The molecule has 4 rings (SSSR count). The molecule has 8 nitrogen and oxygen atoms in total. The van der Waals surface area contributed by atoms with Gasteiger partial charge in [0.05, 0.1) is 0 Å². The number of nitrogens with zero attached hydrogens (tertiary/aromatic N) is 3. The number of piperidine rings is 1. The fourth-order valence-corrected chi connectivity index (χ4v) is 4.71. The zero-order chi connectivity index (χ0) is 21.3. The normalized spacial score (nSPS) is 22.5. The van der Waals surface area contributed by atoms with Crippen molar-refractivity contribution >= 4 is 23.7 Å². The molecule has 1 aromatic heterocycles. The summed E-state index contributed by atoms with van der Waals surface area (Å²) in [6.45, 7) is 6.23. The standard InChI is InChI=1S/C22H31N5O3/c1-15-7-11-26(12-8-15)18-6-5-17(13-23-18)14-24-19(28)16(2)27-20(29)22(25-21(27)30)9-3-4-10-22/h5-6,13,15-16H,3-4,7-12,14H2,1-2H3,(H,24,28)(H,25,30). The maximum absolute atomic E-state index is 12.8. The third-order valence-electron chi connectivity index (χ3n) is 6.80. The summed E-state index contributed by atoms with van der Waals surface area (Å²) < 4.78 is 0. The Balaban J connectivity index is 1.32. The molecule has 3 fully saturated rings. The summed E-state index contributed by atoms with van der Waals surface area (Å²) >= 11 is 0. The van der Waals surface area contributed by atoms with Crippen LogP contribution in [0.3, 0.4) is 0 Å². The first-order chi connectivity index (χ1) is 14.4. The lowest BCUT2D eigenvalue weighted by Gasteiger charge is -2.31. The highest BCUT2D eigenvalue weighted by Crippen LogP contribution is 2.35. The summed E-state index contributed by atoms with van der Waals surface area (Å²) in [4.78, 5) is 45.7. The second-order valence-corrected chi connectivity index (χ2v) is 8.98. The van der Waals surface area contributed by atoms with Gasteiger partial charge in [0.15, 0.2) is 0 Å². The molecule has 162 valence electrons. The Hall–Kier alpha value is -2.64. The summed E-state index contributed by atoms with van der Waals surface area (Å²) in [5, 5.41) is 5.66.